The third-order valence-corrected chi connectivity index (χ3v) is 1.32. The van der Waals surface area contributed by atoms with Crippen LogP contribution >= 0.6 is 0 Å². The van der Waals surface area contributed by atoms with E-state index in [9.17, 15) is 17.6 Å². The molecule has 0 aliphatic heterocycles. The molecule has 1 aromatic rings. The van der Waals surface area contributed by atoms with Gasteiger partial charge >= 0.3 is 6.36 Å². The zero-order chi connectivity index (χ0) is 11.5. The van der Waals surface area contributed by atoms with E-state index < -0.39 is 23.6 Å². The van der Waals surface area contributed by atoms with Gasteiger partial charge < -0.3 is 4.74 Å². The fraction of sp³-hybridized carbons (Fsp3) is 0.143. The zero-order valence-electron chi connectivity index (χ0n) is 6.99. The molecule has 8 heteroatoms. The molecule has 4 nitrogen and oxygen atoms in total. The van der Waals surface area contributed by atoms with Crippen molar-refractivity contribution in [2.45, 2.75) is 6.36 Å². The van der Waals surface area contributed by atoms with E-state index in [4.69, 9.17) is 5.53 Å². The minimum Gasteiger partial charge on any atom is -0.403 e. The monoisotopic (exact) mass is 221 g/mol. The van der Waals surface area contributed by atoms with Crippen LogP contribution in [-0.4, -0.2) is 6.36 Å². The topological polar surface area (TPSA) is 58.0 Å². The van der Waals surface area contributed by atoms with Gasteiger partial charge in [0.25, 0.3) is 0 Å². The molecule has 15 heavy (non-hydrogen) atoms. The number of rotatable bonds is 2. The highest BCUT2D eigenvalue weighted by molar-refractivity contribution is 5.45. The van der Waals surface area contributed by atoms with Crippen molar-refractivity contribution in [3.05, 3.63) is 34.5 Å². The molecule has 0 spiro atoms. The maximum atomic E-state index is 13.1. The average Bonchev–Trinajstić information content (AvgIpc) is 2.10. The second-order valence-corrected chi connectivity index (χ2v) is 2.33. The van der Waals surface area contributed by atoms with Gasteiger partial charge in [0.05, 0.1) is 5.69 Å². The highest BCUT2D eigenvalue weighted by atomic mass is 19.4. The first kappa shape index (κ1) is 11.1. The van der Waals surface area contributed by atoms with Crippen LogP contribution in [0, 0.1) is 5.82 Å². The summed E-state index contributed by atoms with van der Waals surface area (Å²) in [5.41, 5.74) is 7.44. The van der Waals surface area contributed by atoms with Gasteiger partial charge in [0.2, 0.25) is 0 Å². The van der Waals surface area contributed by atoms with Crippen molar-refractivity contribution >= 4 is 5.69 Å². The molecular formula is C7H3F4N3O. The standard InChI is InChI=1S/C7H3F4N3O/c8-6-4(13-14-12)2-1-3-5(6)15-7(9,10)11/h1-3H. The highest BCUT2D eigenvalue weighted by Crippen LogP contribution is 2.30. The van der Waals surface area contributed by atoms with Crippen LogP contribution in [0.15, 0.2) is 23.3 Å². The molecule has 0 unspecified atom stereocenters. The van der Waals surface area contributed by atoms with Gasteiger partial charge in [-0.15, -0.1) is 13.2 Å². The van der Waals surface area contributed by atoms with Gasteiger partial charge in [0.1, 0.15) is 0 Å². The number of ether oxygens (including phenoxy) is 1. The normalized spacial score (nSPS) is 10.7. The second-order valence-electron chi connectivity index (χ2n) is 2.33. The number of benzene rings is 1. The minimum absolute atomic E-state index is 0.556. The van der Waals surface area contributed by atoms with E-state index in [1.54, 1.807) is 0 Å². The summed E-state index contributed by atoms with van der Waals surface area (Å²) in [5, 5.41) is 2.86. The van der Waals surface area contributed by atoms with Crippen LogP contribution in [0.4, 0.5) is 23.2 Å². The van der Waals surface area contributed by atoms with E-state index in [0.717, 1.165) is 18.2 Å². The number of hydrogen-bond acceptors (Lipinski definition) is 2. The molecule has 0 N–H and O–H groups in total. The summed E-state index contributed by atoms with van der Waals surface area (Å²) in [5.74, 6) is -2.39. The lowest BCUT2D eigenvalue weighted by molar-refractivity contribution is -0.275. The Bertz CT molecular complexity index is 411. The molecule has 1 aromatic carbocycles. The van der Waals surface area contributed by atoms with E-state index in [0.29, 0.717) is 0 Å². The molecule has 0 amide bonds. The molecule has 0 aromatic heterocycles. The first-order valence-corrected chi connectivity index (χ1v) is 3.53. The number of hydrogen-bond donors (Lipinski definition) is 0. The van der Waals surface area contributed by atoms with Gasteiger partial charge in [-0.05, 0) is 17.7 Å². The van der Waals surface area contributed by atoms with Crippen LogP contribution in [0.3, 0.4) is 0 Å². The molecule has 0 atom stereocenters. The Balaban J connectivity index is 3.10. The lowest BCUT2D eigenvalue weighted by Gasteiger charge is -2.09. The van der Waals surface area contributed by atoms with Crippen LogP contribution in [0.5, 0.6) is 5.75 Å². The van der Waals surface area contributed by atoms with Crippen molar-refractivity contribution in [2.75, 3.05) is 0 Å². The van der Waals surface area contributed by atoms with E-state index in [2.05, 4.69) is 14.8 Å². The van der Waals surface area contributed by atoms with Crippen LogP contribution in [0.2, 0.25) is 0 Å². The molecule has 0 radical (unpaired) electrons. The lowest BCUT2D eigenvalue weighted by Crippen LogP contribution is -2.17. The molecule has 1 rings (SSSR count). The maximum absolute atomic E-state index is 13.1. The molecule has 0 bridgehead atoms. The number of alkyl halides is 3. The molecule has 0 fully saturated rings. The predicted octanol–water partition coefficient (Wildman–Crippen LogP) is 3.67. The van der Waals surface area contributed by atoms with Gasteiger partial charge in [-0.25, -0.2) is 4.39 Å². The van der Waals surface area contributed by atoms with Crippen LogP contribution in [0.25, 0.3) is 10.4 Å². The summed E-state index contributed by atoms with van der Waals surface area (Å²) in [4.78, 5) is 2.25. The summed E-state index contributed by atoms with van der Waals surface area (Å²) in [6.07, 6.45) is -4.99. The largest absolute Gasteiger partial charge is 0.573 e. The van der Waals surface area contributed by atoms with Crippen molar-refractivity contribution in [1.82, 2.24) is 0 Å². The fourth-order valence-corrected chi connectivity index (χ4v) is 0.828. The fourth-order valence-electron chi connectivity index (χ4n) is 0.828. The van der Waals surface area contributed by atoms with E-state index in [1.165, 1.54) is 0 Å². The van der Waals surface area contributed by atoms with Crippen molar-refractivity contribution in [2.24, 2.45) is 5.11 Å². The highest BCUT2D eigenvalue weighted by Gasteiger charge is 2.32. The van der Waals surface area contributed by atoms with Gasteiger partial charge in [0, 0.05) is 4.91 Å². The van der Waals surface area contributed by atoms with E-state index in [-0.39, 0.29) is 0 Å². The van der Waals surface area contributed by atoms with Gasteiger partial charge in [-0.3, -0.25) is 0 Å². The Morgan fingerprint density at radius 3 is 2.53 bits per heavy atom. The number of azide groups is 1. The Hall–Kier alpha value is -1.95. The first-order valence-electron chi connectivity index (χ1n) is 3.53. The molecular weight excluding hydrogens is 218 g/mol. The first-order chi connectivity index (χ1) is 6.94. The Kier molecular flexibility index (Phi) is 3.01. The van der Waals surface area contributed by atoms with E-state index in [1.807, 2.05) is 0 Å². The summed E-state index contributed by atoms with van der Waals surface area (Å²) in [7, 11) is 0. The molecule has 0 saturated carbocycles. The lowest BCUT2D eigenvalue weighted by atomic mass is 10.3. The van der Waals surface area contributed by atoms with Crippen LogP contribution < -0.4 is 4.74 Å². The second kappa shape index (κ2) is 4.05. The smallest absolute Gasteiger partial charge is 0.403 e. The molecule has 0 aliphatic rings. The summed E-state index contributed by atoms with van der Waals surface area (Å²) >= 11 is 0. The number of halogens is 4. The van der Waals surface area contributed by atoms with Crippen molar-refractivity contribution in [1.29, 1.82) is 0 Å². The third-order valence-electron chi connectivity index (χ3n) is 1.32. The molecule has 0 saturated heterocycles. The Labute approximate surface area is 80.7 Å². The van der Waals surface area contributed by atoms with Gasteiger partial charge in [0.15, 0.2) is 11.6 Å². The average molecular weight is 221 g/mol. The minimum atomic E-state index is -4.99. The summed E-state index contributed by atoms with van der Waals surface area (Å²) in [6, 6.07) is 2.88. The number of nitrogens with zero attached hydrogens (tertiary/aromatic N) is 3. The van der Waals surface area contributed by atoms with Crippen molar-refractivity contribution < 1.29 is 22.3 Å². The van der Waals surface area contributed by atoms with Crippen LogP contribution in [-0.2, 0) is 0 Å². The van der Waals surface area contributed by atoms with E-state index >= 15 is 0 Å². The molecule has 0 aliphatic carbocycles. The van der Waals surface area contributed by atoms with Gasteiger partial charge in [-0.2, -0.15) is 0 Å². The summed E-state index contributed by atoms with van der Waals surface area (Å²) < 4.78 is 51.7. The predicted molar refractivity (Wildman–Crippen MR) is 41.9 cm³/mol. The van der Waals surface area contributed by atoms with Crippen molar-refractivity contribution in [3.8, 4) is 5.75 Å². The third kappa shape index (κ3) is 3.03. The molecule has 80 valence electrons. The quantitative estimate of drug-likeness (QED) is 0.325. The Morgan fingerprint density at radius 2 is 2.00 bits per heavy atom. The zero-order valence-corrected chi connectivity index (χ0v) is 6.99. The van der Waals surface area contributed by atoms with Crippen molar-refractivity contribution in [3.63, 3.8) is 0 Å². The van der Waals surface area contributed by atoms with Crippen LogP contribution in [0.1, 0.15) is 0 Å². The Morgan fingerprint density at radius 1 is 1.33 bits per heavy atom. The van der Waals surface area contributed by atoms with Gasteiger partial charge in [-0.1, -0.05) is 11.2 Å². The SMILES string of the molecule is [N-]=[N+]=Nc1cccc(OC(F)(F)F)c1F. The summed E-state index contributed by atoms with van der Waals surface area (Å²) in [6.45, 7) is 0. The molecule has 0 heterocycles. The maximum Gasteiger partial charge on any atom is 0.573 e.